The summed E-state index contributed by atoms with van der Waals surface area (Å²) < 4.78 is 0. The second-order valence-electron chi connectivity index (χ2n) is 4.58. The average molecular weight is 170 g/mol. The maximum atomic E-state index is 11.3. The zero-order chi connectivity index (χ0) is 9.57. The van der Waals surface area contributed by atoms with E-state index in [2.05, 4.69) is 33.0 Å². The summed E-state index contributed by atoms with van der Waals surface area (Å²) in [5.74, 6) is 0. The van der Waals surface area contributed by atoms with E-state index in [1.54, 1.807) is 7.05 Å². The number of nitrogens with zero attached hydrogens (tertiary/aromatic N) is 1. The van der Waals surface area contributed by atoms with Crippen molar-refractivity contribution in [2.45, 2.75) is 33.2 Å². The van der Waals surface area contributed by atoms with Crippen molar-refractivity contribution < 1.29 is 4.79 Å². The topological polar surface area (TPSA) is 32.3 Å². The molecule has 1 rings (SSSR count). The quantitative estimate of drug-likeness (QED) is 0.586. The minimum atomic E-state index is -0.0207. The molecule has 0 atom stereocenters. The summed E-state index contributed by atoms with van der Waals surface area (Å²) in [6.07, 6.45) is 0. The highest BCUT2D eigenvalue weighted by Gasteiger charge is 2.54. The van der Waals surface area contributed by atoms with Gasteiger partial charge in [0.25, 0.3) is 0 Å². The predicted molar refractivity (Wildman–Crippen MR) is 49.0 cm³/mol. The molecular formula is C9H18N2O. The third-order valence-corrected chi connectivity index (χ3v) is 3.34. The van der Waals surface area contributed by atoms with Gasteiger partial charge >= 0.3 is 6.03 Å². The van der Waals surface area contributed by atoms with Gasteiger partial charge in [0.1, 0.15) is 0 Å². The van der Waals surface area contributed by atoms with Gasteiger partial charge in [-0.05, 0) is 13.8 Å². The lowest BCUT2D eigenvalue weighted by Gasteiger charge is -2.60. The number of urea groups is 1. The molecule has 0 saturated carbocycles. The summed E-state index contributed by atoms with van der Waals surface area (Å²) in [6.45, 7) is 9.43. The highest BCUT2D eigenvalue weighted by molar-refractivity contribution is 5.76. The maximum Gasteiger partial charge on any atom is 0.317 e. The molecule has 3 heteroatoms. The second kappa shape index (κ2) is 2.38. The van der Waals surface area contributed by atoms with Crippen LogP contribution in [-0.2, 0) is 0 Å². The van der Waals surface area contributed by atoms with Gasteiger partial charge in [0.05, 0.1) is 0 Å². The van der Waals surface area contributed by atoms with Crippen LogP contribution in [0.3, 0.4) is 0 Å². The van der Waals surface area contributed by atoms with Crippen LogP contribution >= 0.6 is 0 Å². The molecule has 1 saturated heterocycles. The predicted octanol–water partition coefficient (Wildman–Crippen LogP) is 1.45. The molecule has 1 aliphatic heterocycles. The molecule has 12 heavy (non-hydrogen) atoms. The largest absolute Gasteiger partial charge is 0.341 e. The minimum absolute atomic E-state index is 0.0207. The van der Waals surface area contributed by atoms with Crippen molar-refractivity contribution in [3.8, 4) is 0 Å². The first-order chi connectivity index (χ1) is 5.33. The van der Waals surface area contributed by atoms with Gasteiger partial charge in [0.2, 0.25) is 0 Å². The smallest absolute Gasteiger partial charge is 0.317 e. The molecule has 3 nitrogen and oxygen atoms in total. The Labute approximate surface area is 74.1 Å². The number of hydrogen-bond acceptors (Lipinski definition) is 1. The molecule has 1 N–H and O–H groups in total. The van der Waals surface area contributed by atoms with Gasteiger partial charge in [-0.2, -0.15) is 0 Å². The van der Waals surface area contributed by atoms with Gasteiger partial charge in [-0.1, -0.05) is 13.8 Å². The van der Waals surface area contributed by atoms with Crippen molar-refractivity contribution in [3.63, 3.8) is 0 Å². The van der Waals surface area contributed by atoms with E-state index in [-0.39, 0.29) is 17.0 Å². The molecule has 0 aromatic carbocycles. The van der Waals surface area contributed by atoms with E-state index >= 15 is 0 Å². The number of hydrogen-bond donors (Lipinski definition) is 1. The van der Waals surface area contributed by atoms with E-state index in [1.807, 2.05) is 4.90 Å². The summed E-state index contributed by atoms with van der Waals surface area (Å²) in [4.78, 5) is 13.2. The molecule has 70 valence electrons. The maximum absolute atomic E-state index is 11.3. The Kier molecular flexibility index (Phi) is 1.85. The third kappa shape index (κ3) is 0.993. The normalized spacial score (nSPS) is 24.6. The first-order valence-electron chi connectivity index (χ1n) is 4.32. The highest BCUT2D eigenvalue weighted by Crippen LogP contribution is 2.45. The van der Waals surface area contributed by atoms with Crippen LogP contribution in [0.4, 0.5) is 4.79 Å². The van der Waals surface area contributed by atoms with Crippen LogP contribution < -0.4 is 5.32 Å². The summed E-state index contributed by atoms with van der Waals surface area (Å²) in [6, 6.07) is 0.0272. The monoisotopic (exact) mass is 170 g/mol. The second-order valence-corrected chi connectivity index (χ2v) is 4.58. The van der Waals surface area contributed by atoms with Crippen LogP contribution in [-0.4, -0.2) is 30.1 Å². The van der Waals surface area contributed by atoms with Gasteiger partial charge in [-0.15, -0.1) is 0 Å². The zero-order valence-electron chi connectivity index (χ0n) is 8.56. The standard InChI is InChI=1S/C9H18N2O/c1-8(2)6-11(7(12)10-5)9(8,3)4/h6H2,1-5H3,(H,10,12). The van der Waals surface area contributed by atoms with Crippen molar-refractivity contribution in [2.75, 3.05) is 13.6 Å². The molecule has 0 aromatic heterocycles. The van der Waals surface area contributed by atoms with Crippen LogP contribution in [0.5, 0.6) is 0 Å². The molecule has 1 heterocycles. The van der Waals surface area contributed by atoms with Crippen LogP contribution in [0.1, 0.15) is 27.7 Å². The fourth-order valence-electron chi connectivity index (χ4n) is 1.52. The van der Waals surface area contributed by atoms with Crippen LogP contribution in [0, 0.1) is 5.41 Å². The number of nitrogens with one attached hydrogen (secondary N) is 1. The lowest BCUT2D eigenvalue weighted by molar-refractivity contribution is -0.0802. The first kappa shape index (κ1) is 9.36. The molecule has 0 radical (unpaired) electrons. The average Bonchev–Trinajstić information content (AvgIpc) is 1.99. The molecule has 0 unspecified atom stereocenters. The Morgan fingerprint density at radius 3 is 2.08 bits per heavy atom. The molecule has 0 aromatic rings. The summed E-state index contributed by atoms with van der Waals surface area (Å²) in [7, 11) is 1.67. The Morgan fingerprint density at radius 1 is 1.33 bits per heavy atom. The molecule has 0 bridgehead atoms. The van der Waals surface area contributed by atoms with Gasteiger partial charge in [-0.3, -0.25) is 0 Å². The van der Waals surface area contributed by atoms with E-state index < -0.39 is 0 Å². The van der Waals surface area contributed by atoms with Crippen LogP contribution in [0.25, 0.3) is 0 Å². The highest BCUT2D eigenvalue weighted by atomic mass is 16.2. The van der Waals surface area contributed by atoms with E-state index in [0.29, 0.717) is 0 Å². The summed E-state index contributed by atoms with van der Waals surface area (Å²) in [5.41, 5.74) is 0.215. The van der Waals surface area contributed by atoms with Crippen molar-refractivity contribution in [3.05, 3.63) is 0 Å². The summed E-state index contributed by atoms with van der Waals surface area (Å²) in [5, 5.41) is 2.65. The SMILES string of the molecule is CNC(=O)N1CC(C)(C)C1(C)C. The third-order valence-electron chi connectivity index (χ3n) is 3.34. The lowest BCUT2D eigenvalue weighted by Crippen LogP contribution is -2.71. The lowest BCUT2D eigenvalue weighted by atomic mass is 9.65. The van der Waals surface area contributed by atoms with Crippen molar-refractivity contribution in [1.82, 2.24) is 10.2 Å². The summed E-state index contributed by atoms with van der Waals surface area (Å²) >= 11 is 0. The number of carbonyl (C=O) groups is 1. The number of rotatable bonds is 0. The fraction of sp³-hybridized carbons (Fsp3) is 0.889. The van der Waals surface area contributed by atoms with Gasteiger partial charge in [0, 0.05) is 24.5 Å². The first-order valence-corrected chi connectivity index (χ1v) is 4.32. The molecular weight excluding hydrogens is 152 g/mol. The van der Waals surface area contributed by atoms with Crippen molar-refractivity contribution in [1.29, 1.82) is 0 Å². The van der Waals surface area contributed by atoms with Crippen molar-refractivity contribution in [2.24, 2.45) is 5.41 Å². The molecule has 0 spiro atoms. The van der Waals surface area contributed by atoms with Crippen molar-refractivity contribution >= 4 is 6.03 Å². The molecule has 1 fully saturated rings. The van der Waals surface area contributed by atoms with Crippen LogP contribution in [0.15, 0.2) is 0 Å². The minimum Gasteiger partial charge on any atom is -0.341 e. The zero-order valence-corrected chi connectivity index (χ0v) is 8.56. The van der Waals surface area contributed by atoms with E-state index in [4.69, 9.17) is 0 Å². The number of carbonyl (C=O) groups excluding carboxylic acids is 1. The molecule has 1 aliphatic rings. The molecule has 2 amide bonds. The molecule has 0 aliphatic carbocycles. The number of likely N-dealkylation sites (tertiary alicyclic amines) is 1. The van der Waals surface area contributed by atoms with Gasteiger partial charge < -0.3 is 10.2 Å². The Morgan fingerprint density at radius 2 is 1.83 bits per heavy atom. The van der Waals surface area contributed by atoms with E-state index in [1.165, 1.54) is 0 Å². The van der Waals surface area contributed by atoms with E-state index in [0.717, 1.165) is 6.54 Å². The Bertz CT molecular complexity index is 209. The van der Waals surface area contributed by atoms with Gasteiger partial charge in [-0.25, -0.2) is 4.79 Å². The Hall–Kier alpha value is -0.730. The van der Waals surface area contributed by atoms with E-state index in [9.17, 15) is 4.79 Å². The van der Waals surface area contributed by atoms with Gasteiger partial charge in [0.15, 0.2) is 0 Å². The van der Waals surface area contributed by atoms with Crippen LogP contribution in [0.2, 0.25) is 0 Å². The Balaban J connectivity index is 2.72. The number of amides is 2. The fourth-order valence-corrected chi connectivity index (χ4v) is 1.52.